The van der Waals surface area contributed by atoms with E-state index in [1.807, 2.05) is 18.2 Å². The predicted molar refractivity (Wildman–Crippen MR) is 127 cm³/mol. The molecule has 1 aromatic carbocycles. The summed E-state index contributed by atoms with van der Waals surface area (Å²) in [7, 11) is 0. The molecular formula is C26H34N2O7. The molecule has 1 aromatic rings. The van der Waals surface area contributed by atoms with E-state index in [9.17, 15) is 24.3 Å². The van der Waals surface area contributed by atoms with Crippen molar-refractivity contribution in [3.8, 4) is 0 Å². The minimum absolute atomic E-state index is 0.0117. The van der Waals surface area contributed by atoms with Crippen LogP contribution < -0.4 is 10.6 Å². The van der Waals surface area contributed by atoms with Gasteiger partial charge in [0.25, 0.3) is 0 Å². The highest BCUT2D eigenvalue weighted by molar-refractivity contribution is 5.89. The molecule has 2 aliphatic rings. The molecule has 2 atom stereocenters. The van der Waals surface area contributed by atoms with Crippen LogP contribution >= 0.6 is 0 Å². The number of esters is 2. The third-order valence-electron chi connectivity index (χ3n) is 6.41. The second-order valence-corrected chi connectivity index (χ2v) is 9.18. The van der Waals surface area contributed by atoms with Crippen LogP contribution in [0.4, 0.5) is 0 Å². The van der Waals surface area contributed by atoms with Crippen LogP contribution in [-0.4, -0.2) is 53.7 Å². The summed E-state index contributed by atoms with van der Waals surface area (Å²) in [5.74, 6) is -2.77. The average Bonchev–Trinajstić information content (AvgIpc) is 3.32. The van der Waals surface area contributed by atoms with Crippen LogP contribution in [-0.2, 0) is 35.3 Å². The van der Waals surface area contributed by atoms with E-state index in [0.29, 0.717) is 19.3 Å². The maximum absolute atomic E-state index is 13.1. The number of carbonyl (C=O) groups excluding carboxylic acids is 4. The van der Waals surface area contributed by atoms with Gasteiger partial charge in [0, 0.05) is 12.8 Å². The van der Waals surface area contributed by atoms with Crippen molar-refractivity contribution in [2.24, 2.45) is 5.92 Å². The number of nitrogens with one attached hydrogen (secondary N) is 2. The van der Waals surface area contributed by atoms with E-state index in [1.54, 1.807) is 24.3 Å². The second kappa shape index (κ2) is 13.0. The molecular weight excluding hydrogens is 452 g/mol. The first-order chi connectivity index (χ1) is 16.9. The van der Waals surface area contributed by atoms with Gasteiger partial charge >= 0.3 is 11.9 Å². The summed E-state index contributed by atoms with van der Waals surface area (Å²) in [5, 5.41) is 15.3. The summed E-state index contributed by atoms with van der Waals surface area (Å²) in [5.41, 5.74) is 0.147. The minimum Gasteiger partial charge on any atom is -0.463 e. The first-order valence-corrected chi connectivity index (χ1v) is 12.1. The third kappa shape index (κ3) is 8.20. The number of benzene rings is 1. The third-order valence-corrected chi connectivity index (χ3v) is 6.41. The van der Waals surface area contributed by atoms with Crippen molar-refractivity contribution in [1.82, 2.24) is 10.6 Å². The van der Waals surface area contributed by atoms with E-state index in [-0.39, 0.29) is 45.0 Å². The smallest absolute Gasteiger partial charge is 0.332 e. The molecule has 0 unspecified atom stereocenters. The lowest BCUT2D eigenvalue weighted by Crippen LogP contribution is -2.51. The zero-order valence-corrected chi connectivity index (χ0v) is 19.9. The molecule has 0 radical (unpaired) electrons. The Labute approximate surface area is 205 Å². The number of carbonyl (C=O) groups is 4. The molecule has 9 nitrogen and oxygen atoms in total. The Bertz CT molecular complexity index is 910. The average molecular weight is 487 g/mol. The molecule has 1 fully saturated rings. The van der Waals surface area contributed by atoms with E-state index >= 15 is 0 Å². The number of cyclic esters (lactones) is 1. The van der Waals surface area contributed by atoms with Gasteiger partial charge in [-0.25, -0.2) is 4.79 Å². The van der Waals surface area contributed by atoms with Crippen molar-refractivity contribution < 1.29 is 33.8 Å². The molecule has 0 spiro atoms. The Morgan fingerprint density at radius 3 is 2.60 bits per heavy atom. The lowest BCUT2D eigenvalue weighted by Gasteiger charge is -2.29. The highest BCUT2D eigenvalue weighted by Crippen LogP contribution is 2.29. The number of hydrogen-bond donors (Lipinski definition) is 3. The molecule has 1 heterocycles. The normalized spacial score (nSPS) is 22.8. The van der Waals surface area contributed by atoms with Crippen LogP contribution in [0.25, 0.3) is 0 Å². The van der Waals surface area contributed by atoms with E-state index in [1.165, 1.54) is 0 Å². The fourth-order valence-electron chi connectivity index (χ4n) is 4.34. The van der Waals surface area contributed by atoms with Gasteiger partial charge in [0.2, 0.25) is 11.8 Å². The number of rotatable bonds is 7. The van der Waals surface area contributed by atoms with Crippen LogP contribution in [0.5, 0.6) is 0 Å². The highest BCUT2D eigenvalue weighted by atomic mass is 16.6. The summed E-state index contributed by atoms with van der Waals surface area (Å²) >= 11 is 0. The van der Waals surface area contributed by atoms with E-state index in [2.05, 4.69) is 10.6 Å². The zero-order valence-electron chi connectivity index (χ0n) is 19.9. The fourth-order valence-corrected chi connectivity index (χ4v) is 4.34. The second-order valence-electron chi connectivity index (χ2n) is 9.18. The molecule has 0 saturated heterocycles. The molecule has 190 valence electrons. The van der Waals surface area contributed by atoms with Gasteiger partial charge in [-0.1, -0.05) is 55.3 Å². The van der Waals surface area contributed by atoms with Gasteiger partial charge in [-0.3, -0.25) is 14.4 Å². The topological polar surface area (TPSA) is 131 Å². The van der Waals surface area contributed by atoms with Crippen molar-refractivity contribution in [3.63, 3.8) is 0 Å². The van der Waals surface area contributed by atoms with Crippen molar-refractivity contribution >= 4 is 23.8 Å². The quantitative estimate of drug-likeness (QED) is 0.396. The molecule has 3 rings (SSSR count). The molecule has 2 amide bonds. The van der Waals surface area contributed by atoms with Crippen LogP contribution in [0.15, 0.2) is 42.5 Å². The number of aliphatic hydroxyl groups excluding tert-OH is 1. The lowest BCUT2D eigenvalue weighted by atomic mass is 9.95. The van der Waals surface area contributed by atoms with E-state index in [0.717, 1.165) is 18.4 Å². The molecule has 0 bridgehead atoms. The maximum Gasteiger partial charge on any atom is 0.332 e. The van der Waals surface area contributed by atoms with Crippen LogP contribution in [0.2, 0.25) is 0 Å². The van der Waals surface area contributed by atoms with Crippen LogP contribution in [0.1, 0.15) is 56.9 Å². The minimum atomic E-state index is -1.19. The highest BCUT2D eigenvalue weighted by Gasteiger charge is 2.36. The SMILES string of the molecule is O=C(C[C@H]1CC=CCCC(=O)OC[C@H](C(=O)OCc2ccccc2)NC1=O)NC1(CO)CCCC1. The molecule has 3 N–H and O–H groups in total. The summed E-state index contributed by atoms with van der Waals surface area (Å²) in [6.45, 7) is -0.484. The van der Waals surface area contributed by atoms with E-state index in [4.69, 9.17) is 9.47 Å². The van der Waals surface area contributed by atoms with E-state index < -0.39 is 35.3 Å². The van der Waals surface area contributed by atoms with Crippen LogP contribution in [0, 0.1) is 5.92 Å². The number of amides is 2. The van der Waals surface area contributed by atoms with Crippen molar-refractivity contribution in [1.29, 1.82) is 0 Å². The summed E-state index contributed by atoms with van der Waals surface area (Å²) in [4.78, 5) is 50.6. The fraction of sp³-hybridized carbons (Fsp3) is 0.538. The van der Waals surface area contributed by atoms with Crippen molar-refractivity contribution in [2.75, 3.05) is 13.2 Å². The Morgan fingerprint density at radius 1 is 1.14 bits per heavy atom. The number of aliphatic hydroxyl groups is 1. The number of ether oxygens (including phenoxy) is 2. The standard InChI is InChI=1S/C26H34N2O7/c29-18-26(13-7-8-14-26)28-22(30)15-20-11-5-2-6-12-23(31)34-17-21(27-24(20)32)25(33)35-16-19-9-3-1-4-10-19/h1-5,9-10,20-21,29H,6-8,11-18H2,(H,27,32)(H,28,30)/t20-,21-/m1/s1. The van der Waals surface area contributed by atoms with Gasteiger partial charge in [0.1, 0.15) is 13.2 Å². The van der Waals surface area contributed by atoms with Gasteiger partial charge in [-0.15, -0.1) is 0 Å². The number of hydrogen-bond acceptors (Lipinski definition) is 7. The summed E-state index contributed by atoms with van der Waals surface area (Å²) in [6.07, 6.45) is 7.54. The monoisotopic (exact) mass is 486 g/mol. The van der Waals surface area contributed by atoms with Gasteiger partial charge in [-0.05, 0) is 31.2 Å². The lowest BCUT2D eigenvalue weighted by molar-refractivity contribution is -0.155. The zero-order chi connectivity index (χ0) is 25.1. The molecule has 1 aliphatic heterocycles. The Balaban J connectivity index is 1.67. The Kier molecular flexibility index (Phi) is 9.84. The summed E-state index contributed by atoms with van der Waals surface area (Å²) < 4.78 is 10.5. The van der Waals surface area contributed by atoms with Gasteiger partial charge in [-0.2, -0.15) is 0 Å². The summed E-state index contributed by atoms with van der Waals surface area (Å²) in [6, 6.07) is 7.89. The van der Waals surface area contributed by atoms with Gasteiger partial charge in [0.15, 0.2) is 6.04 Å². The first kappa shape index (κ1) is 26.4. The molecule has 1 saturated carbocycles. The van der Waals surface area contributed by atoms with Gasteiger partial charge in [0.05, 0.1) is 18.1 Å². The Morgan fingerprint density at radius 2 is 1.89 bits per heavy atom. The molecule has 9 heteroatoms. The molecule has 1 aliphatic carbocycles. The molecule has 0 aromatic heterocycles. The maximum atomic E-state index is 13.1. The van der Waals surface area contributed by atoms with Crippen molar-refractivity contribution in [3.05, 3.63) is 48.0 Å². The largest absolute Gasteiger partial charge is 0.463 e. The van der Waals surface area contributed by atoms with Crippen molar-refractivity contribution in [2.45, 2.75) is 69.6 Å². The van der Waals surface area contributed by atoms with Crippen LogP contribution in [0.3, 0.4) is 0 Å². The first-order valence-electron chi connectivity index (χ1n) is 12.1. The predicted octanol–water partition coefficient (Wildman–Crippen LogP) is 1.93. The number of allylic oxidation sites excluding steroid dienone is 2. The Hall–Kier alpha value is -3.20. The molecule has 35 heavy (non-hydrogen) atoms. The van der Waals surface area contributed by atoms with Gasteiger partial charge < -0.3 is 25.2 Å².